The molecule has 1 heterocycles. The number of fused-ring (bicyclic) bond motifs is 1. The first-order valence-corrected chi connectivity index (χ1v) is 10.3. The van der Waals surface area contributed by atoms with Gasteiger partial charge in [0, 0.05) is 6.42 Å². The van der Waals surface area contributed by atoms with Gasteiger partial charge in [-0.2, -0.15) is 0 Å². The van der Waals surface area contributed by atoms with Gasteiger partial charge in [0.15, 0.2) is 0 Å². The van der Waals surface area contributed by atoms with Crippen molar-refractivity contribution in [1.82, 2.24) is 14.9 Å². The number of carboxylic acid groups (broad SMARTS) is 1. The number of nitrogens with one attached hydrogen (secondary N) is 2. The van der Waals surface area contributed by atoms with Crippen LogP contribution < -0.4 is 16.6 Å². The van der Waals surface area contributed by atoms with Crippen molar-refractivity contribution in [3.05, 3.63) is 117 Å². The molecule has 3 aromatic carbocycles. The van der Waals surface area contributed by atoms with Crippen LogP contribution in [-0.2, 0) is 16.0 Å². The Bertz CT molecular complexity index is 1410. The molecule has 3 N–H and O–H groups in total. The summed E-state index contributed by atoms with van der Waals surface area (Å²) in [6.45, 7) is 0. The number of hydrogen-bond acceptors (Lipinski definition) is 4. The number of aliphatic carboxylic acids is 1. The standard InChI is InChI=1S/C25H21N3O5/c29-22(26-20(24(31)32)15-16-9-3-1-4-10-16)21(17-11-5-2-6-12-17)28-23(30)18-13-7-8-14-19(18)27-25(28)33/h1-14,20-21H,15H2,(H,26,29)(H,27,33)(H,31,32). The number of hydrogen-bond donors (Lipinski definition) is 3. The number of carbonyl (C=O) groups excluding carboxylic acids is 1. The zero-order chi connectivity index (χ0) is 23.4. The Kier molecular flexibility index (Phi) is 6.17. The number of rotatable bonds is 7. The summed E-state index contributed by atoms with van der Waals surface area (Å²) in [4.78, 5) is 54.0. The van der Waals surface area contributed by atoms with Crippen molar-refractivity contribution >= 4 is 22.8 Å². The number of nitrogens with zero attached hydrogens (tertiary/aromatic N) is 1. The van der Waals surface area contributed by atoms with Crippen LogP contribution in [0, 0.1) is 0 Å². The maximum absolute atomic E-state index is 13.4. The van der Waals surface area contributed by atoms with Gasteiger partial charge in [-0.3, -0.25) is 9.59 Å². The van der Waals surface area contributed by atoms with Crippen LogP contribution in [0.4, 0.5) is 0 Å². The zero-order valence-electron chi connectivity index (χ0n) is 17.5. The quantitative estimate of drug-likeness (QED) is 0.404. The van der Waals surface area contributed by atoms with Gasteiger partial charge in [0.2, 0.25) is 5.91 Å². The fourth-order valence-corrected chi connectivity index (χ4v) is 3.76. The lowest BCUT2D eigenvalue weighted by Gasteiger charge is -2.22. The second-order valence-corrected chi connectivity index (χ2v) is 7.55. The van der Waals surface area contributed by atoms with Crippen molar-refractivity contribution in [3.8, 4) is 0 Å². The minimum absolute atomic E-state index is 0.0480. The van der Waals surface area contributed by atoms with Crippen LogP contribution in [0.3, 0.4) is 0 Å². The second-order valence-electron chi connectivity index (χ2n) is 7.55. The Balaban J connectivity index is 1.78. The summed E-state index contributed by atoms with van der Waals surface area (Å²) in [5.74, 6) is -1.99. The molecule has 0 aliphatic rings. The molecule has 0 aliphatic heterocycles. The van der Waals surface area contributed by atoms with Gasteiger partial charge in [-0.15, -0.1) is 0 Å². The first-order valence-electron chi connectivity index (χ1n) is 10.3. The van der Waals surface area contributed by atoms with E-state index in [1.807, 2.05) is 6.07 Å². The van der Waals surface area contributed by atoms with E-state index in [2.05, 4.69) is 10.3 Å². The van der Waals surface area contributed by atoms with Crippen molar-refractivity contribution < 1.29 is 14.7 Å². The lowest BCUT2D eigenvalue weighted by molar-refractivity contribution is -0.142. The van der Waals surface area contributed by atoms with E-state index in [4.69, 9.17) is 0 Å². The molecule has 0 spiro atoms. The molecule has 0 fully saturated rings. The number of aromatic amines is 1. The van der Waals surface area contributed by atoms with Crippen LogP contribution in [0.1, 0.15) is 17.2 Å². The minimum atomic E-state index is -1.36. The largest absolute Gasteiger partial charge is 0.480 e. The van der Waals surface area contributed by atoms with Crippen LogP contribution in [0.2, 0.25) is 0 Å². The molecule has 1 amide bonds. The molecule has 0 bridgehead atoms. The lowest BCUT2D eigenvalue weighted by atomic mass is 10.0. The number of para-hydroxylation sites is 1. The second kappa shape index (κ2) is 9.35. The molecule has 0 aliphatic carbocycles. The summed E-state index contributed by atoms with van der Waals surface area (Å²) in [5.41, 5.74) is 0.0401. The molecule has 4 rings (SSSR count). The average molecular weight is 443 g/mol. The molecule has 33 heavy (non-hydrogen) atoms. The summed E-state index contributed by atoms with van der Waals surface area (Å²) in [6.07, 6.45) is 0.0480. The maximum atomic E-state index is 13.4. The molecule has 0 radical (unpaired) electrons. The lowest BCUT2D eigenvalue weighted by Crippen LogP contribution is -2.49. The van der Waals surface area contributed by atoms with E-state index in [9.17, 15) is 24.3 Å². The summed E-state index contributed by atoms with van der Waals surface area (Å²) < 4.78 is 0.828. The predicted molar refractivity (Wildman–Crippen MR) is 123 cm³/mol. The highest BCUT2D eigenvalue weighted by molar-refractivity contribution is 5.88. The van der Waals surface area contributed by atoms with Crippen LogP contribution in [0.5, 0.6) is 0 Å². The Morgan fingerprint density at radius 1 is 0.879 bits per heavy atom. The van der Waals surface area contributed by atoms with Gasteiger partial charge in [-0.1, -0.05) is 72.8 Å². The monoisotopic (exact) mass is 443 g/mol. The predicted octanol–water partition coefficient (Wildman–Crippen LogP) is 2.09. The molecule has 2 unspecified atom stereocenters. The Hall–Kier alpha value is -4.46. The Morgan fingerprint density at radius 2 is 1.48 bits per heavy atom. The van der Waals surface area contributed by atoms with Crippen LogP contribution in [-0.4, -0.2) is 32.6 Å². The number of H-pyrrole nitrogens is 1. The van der Waals surface area contributed by atoms with Crippen molar-refractivity contribution in [3.63, 3.8) is 0 Å². The molecule has 0 saturated carbocycles. The van der Waals surface area contributed by atoms with Crippen molar-refractivity contribution in [2.75, 3.05) is 0 Å². The molecule has 1 aromatic heterocycles. The highest BCUT2D eigenvalue weighted by atomic mass is 16.4. The Labute approximate surface area is 188 Å². The van der Waals surface area contributed by atoms with Crippen molar-refractivity contribution in [1.29, 1.82) is 0 Å². The van der Waals surface area contributed by atoms with Gasteiger partial charge in [0.25, 0.3) is 5.56 Å². The third-order valence-corrected chi connectivity index (χ3v) is 5.36. The van der Waals surface area contributed by atoms with Gasteiger partial charge >= 0.3 is 11.7 Å². The maximum Gasteiger partial charge on any atom is 0.329 e. The molecule has 8 heteroatoms. The number of carbonyl (C=O) groups is 2. The molecule has 2 atom stereocenters. The number of benzene rings is 3. The van der Waals surface area contributed by atoms with E-state index in [-0.39, 0.29) is 11.8 Å². The van der Waals surface area contributed by atoms with Crippen LogP contribution >= 0.6 is 0 Å². The highest BCUT2D eigenvalue weighted by Gasteiger charge is 2.30. The summed E-state index contributed by atoms with van der Waals surface area (Å²) in [5, 5.41) is 12.5. The zero-order valence-corrected chi connectivity index (χ0v) is 17.5. The Morgan fingerprint density at radius 3 is 2.15 bits per heavy atom. The molecule has 0 saturated heterocycles. The SMILES string of the molecule is O=C(O)C(Cc1ccccc1)NC(=O)C(c1ccccc1)n1c(=O)[nH]c2ccccc2c1=O. The van der Waals surface area contributed by atoms with E-state index in [1.54, 1.807) is 78.9 Å². The summed E-state index contributed by atoms with van der Waals surface area (Å²) >= 11 is 0. The van der Waals surface area contributed by atoms with Gasteiger partial charge in [-0.25, -0.2) is 14.2 Å². The van der Waals surface area contributed by atoms with Gasteiger partial charge < -0.3 is 15.4 Å². The summed E-state index contributed by atoms with van der Waals surface area (Å²) in [7, 11) is 0. The molecule has 4 aromatic rings. The molecular weight excluding hydrogens is 422 g/mol. The third kappa shape index (κ3) is 4.59. The fourth-order valence-electron chi connectivity index (χ4n) is 3.76. The minimum Gasteiger partial charge on any atom is -0.480 e. The summed E-state index contributed by atoms with van der Waals surface area (Å²) in [6, 6.07) is 21.1. The molecule has 166 valence electrons. The molecular formula is C25H21N3O5. The highest BCUT2D eigenvalue weighted by Crippen LogP contribution is 2.17. The van der Waals surface area contributed by atoms with E-state index in [0.29, 0.717) is 11.1 Å². The van der Waals surface area contributed by atoms with Gasteiger partial charge in [0.05, 0.1) is 10.9 Å². The van der Waals surface area contributed by atoms with E-state index in [1.165, 1.54) is 0 Å². The normalized spacial score (nSPS) is 12.7. The van der Waals surface area contributed by atoms with E-state index in [0.717, 1.165) is 10.1 Å². The first kappa shape index (κ1) is 21.8. The van der Waals surface area contributed by atoms with E-state index < -0.39 is 35.2 Å². The molecule has 8 nitrogen and oxygen atoms in total. The topological polar surface area (TPSA) is 121 Å². The fraction of sp³-hybridized carbons (Fsp3) is 0.120. The van der Waals surface area contributed by atoms with Crippen LogP contribution in [0.15, 0.2) is 94.5 Å². The van der Waals surface area contributed by atoms with Crippen molar-refractivity contribution in [2.24, 2.45) is 0 Å². The first-order chi connectivity index (χ1) is 16.0. The number of carboxylic acids is 1. The van der Waals surface area contributed by atoms with E-state index >= 15 is 0 Å². The average Bonchev–Trinajstić information content (AvgIpc) is 2.82. The van der Waals surface area contributed by atoms with Gasteiger partial charge in [0.1, 0.15) is 12.1 Å². The van der Waals surface area contributed by atoms with Gasteiger partial charge in [-0.05, 0) is 23.3 Å². The number of aromatic nitrogens is 2. The van der Waals surface area contributed by atoms with Crippen LogP contribution in [0.25, 0.3) is 10.9 Å². The third-order valence-electron chi connectivity index (χ3n) is 5.36. The number of amides is 1. The van der Waals surface area contributed by atoms with Crippen molar-refractivity contribution in [2.45, 2.75) is 18.5 Å². The smallest absolute Gasteiger partial charge is 0.329 e.